The van der Waals surface area contributed by atoms with Crippen molar-refractivity contribution in [2.24, 2.45) is 23.2 Å². The Morgan fingerprint density at radius 3 is 2.07 bits per heavy atom. The summed E-state index contributed by atoms with van der Waals surface area (Å²) in [6, 6.07) is 0. The molecule has 6 fully saturated rings. The molecule has 1 atom stereocenters. The van der Waals surface area contributed by atoms with Crippen LogP contribution in [0.2, 0.25) is 0 Å². The first-order valence-corrected chi connectivity index (χ1v) is 11.9. The number of piperazine rings is 1. The lowest BCUT2D eigenvalue weighted by Gasteiger charge is -2.56. The lowest BCUT2D eigenvalue weighted by Crippen LogP contribution is -2.54. The molecule has 1 N–H and O–H groups in total. The van der Waals surface area contributed by atoms with Crippen LogP contribution in [-0.2, 0) is 19.1 Å². The predicted molar refractivity (Wildman–Crippen MR) is 110 cm³/mol. The lowest BCUT2D eigenvalue weighted by atomic mass is 9.49. The van der Waals surface area contributed by atoms with E-state index in [-0.39, 0.29) is 35.8 Å². The van der Waals surface area contributed by atoms with E-state index in [0.717, 1.165) is 30.6 Å². The molecule has 0 radical (unpaired) electrons. The number of rotatable bonds is 5. The van der Waals surface area contributed by atoms with Gasteiger partial charge in [-0.05, 0) is 74.5 Å². The van der Waals surface area contributed by atoms with Gasteiger partial charge in [-0.3, -0.25) is 14.4 Å². The zero-order valence-corrected chi connectivity index (χ0v) is 17.9. The molecule has 7 heteroatoms. The predicted octanol–water partition coefficient (Wildman–Crippen LogP) is 1.56. The maximum Gasteiger partial charge on any atom is 0.251 e. The average molecular weight is 418 g/mol. The van der Waals surface area contributed by atoms with Crippen LogP contribution < -0.4 is 5.32 Å². The van der Waals surface area contributed by atoms with E-state index < -0.39 is 0 Å². The highest BCUT2D eigenvalue weighted by Crippen LogP contribution is 2.61. The van der Waals surface area contributed by atoms with Gasteiger partial charge in [-0.25, -0.2) is 0 Å². The summed E-state index contributed by atoms with van der Waals surface area (Å²) in [5.74, 6) is 2.55. The maximum atomic E-state index is 12.7. The van der Waals surface area contributed by atoms with Gasteiger partial charge in [0, 0.05) is 39.2 Å². The van der Waals surface area contributed by atoms with Crippen LogP contribution in [0.3, 0.4) is 0 Å². The van der Waals surface area contributed by atoms with Crippen LogP contribution in [0.4, 0.5) is 0 Å². The first kappa shape index (κ1) is 20.3. The number of hydrogen-bond acceptors (Lipinski definition) is 4. The topological polar surface area (TPSA) is 79.0 Å². The Morgan fingerprint density at radius 2 is 1.50 bits per heavy atom. The molecule has 6 rings (SSSR count). The molecular formula is C23H35N3O4. The van der Waals surface area contributed by atoms with Crippen molar-refractivity contribution in [3.05, 3.63) is 0 Å². The maximum absolute atomic E-state index is 12.7. The largest absolute Gasteiger partial charge is 0.368 e. The molecule has 2 aliphatic heterocycles. The first-order chi connectivity index (χ1) is 14.5. The van der Waals surface area contributed by atoms with Crippen LogP contribution in [-0.4, -0.2) is 73.0 Å². The fraction of sp³-hybridized carbons (Fsp3) is 0.870. The van der Waals surface area contributed by atoms with E-state index in [1.807, 2.05) is 4.90 Å². The lowest BCUT2D eigenvalue weighted by molar-refractivity contribution is -0.146. The summed E-state index contributed by atoms with van der Waals surface area (Å²) in [5, 5.41) is 2.90. The Hall–Kier alpha value is -1.63. The second kappa shape index (κ2) is 8.13. The van der Waals surface area contributed by atoms with Gasteiger partial charge in [-0.1, -0.05) is 0 Å². The van der Waals surface area contributed by atoms with Gasteiger partial charge >= 0.3 is 0 Å². The van der Waals surface area contributed by atoms with E-state index in [1.165, 1.54) is 38.5 Å². The van der Waals surface area contributed by atoms with Crippen LogP contribution in [0, 0.1) is 23.2 Å². The molecule has 1 unspecified atom stereocenters. The second-order valence-corrected chi connectivity index (χ2v) is 10.6. The summed E-state index contributed by atoms with van der Waals surface area (Å²) in [6.45, 7) is 2.89. The van der Waals surface area contributed by atoms with Crippen molar-refractivity contribution in [3.8, 4) is 0 Å². The molecule has 0 aromatic heterocycles. The van der Waals surface area contributed by atoms with Gasteiger partial charge in [0.1, 0.15) is 6.10 Å². The molecule has 30 heavy (non-hydrogen) atoms. The van der Waals surface area contributed by atoms with E-state index in [4.69, 9.17) is 4.74 Å². The Labute approximate surface area is 178 Å². The van der Waals surface area contributed by atoms with Crippen LogP contribution >= 0.6 is 0 Å². The number of hydrogen-bond donors (Lipinski definition) is 1. The van der Waals surface area contributed by atoms with Crippen molar-refractivity contribution in [1.29, 1.82) is 0 Å². The Kier molecular flexibility index (Phi) is 5.50. The van der Waals surface area contributed by atoms with Gasteiger partial charge in [0.2, 0.25) is 11.8 Å². The molecule has 6 aliphatic rings. The molecule has 3 amide bonds. The average Bonchev–Trinajstić information content (AvgIpc) is 3.25. The highest BCUT2D eigenvalue weighted by molar-refractivity contribution is 5.85. The normalized spacial score (nSPS) is 37.5. The van der Waals surface area contributed by atoms with E-state index in [2.05, 4.69) is 5.32 Å². The van der Waals surface area contributed by atoms with Gasteiger partial charge < -0.3 is 19.9 Å². The third-order valence-electron chi connectivity index (χ3n) is 8.29. The summed E-state index contributed by atoms with van der Waals surface area (Å²) in [4.78, 5) is 41.3. The van der Waals surface area contributed by atoms with Crippen molar-refractivity contribution in [1.82, 2.24) is 15.1 Å². The monoisotopic (exact) mass is 417 g/mol. The molecule has 4 aliphatic carbocycles. The fourth-order valence-corrected chi connectivity index (χ4v) is 7.35. The summed E-state index contributed by atoms with van der Waals surface area (Å²) >= 11 is 0. The van der Waals surface area contributed by atoms with Crippen molar-refractivity contribution in [3.63, 3.8) is 0 Å². The summed E-state index contributed by atoms with van der Waals surface area (Å²) in [5.41, 5.74) is 0.205. The number of carbonyl (C=O) groups excluding carboxylic acids is 3. The third kappa shape index (κ3) is 4.10. The number of amides is 3. The van der Waals surface area contributed by atoms with Gasteiger partial charge in [-0.2, -0.15) is 0 Å². The fourth-order valence-electron chi connectivity index (χ4n) is 7.35. The SMILES string of the molecule is O=C(CC12CC3CC(CC(C3)C1)C2)NCC(=O)N1CCN(C(=O)C2CCCO2)CC1. The van der Waals surface area contributed by atoms with Crippen LogP contribution in [0.5, 0.6) is 0 Å². The van der Waals surface area contributed by atoms with Crippen LogP contribution in [0.25, 0.3) is 0 Å². The Bertz CT molecular complexity index is 659. The Balaban J connectivity index is 1.05. The number of carbonyl (C=O) groups is 3. The van der Waals surface area contributed by atoms with E-state index >= 15 is 0 Å². The molecule has 166 valence electrons. The summed E-state index contributed by atoms with van der Waals surface area (Å²) in [7, 11) is 0. The minimum atomic E-state index is -0.295. The number of nitrogens with one attached hydrogen (secondary N) is 1. The second-order valence-electron chi connectivity index (χ2n) is 10.6. The molecule has 7 nitrogen and oxygen atoms in total. The van der Waals surface area contributed by atoms with Gasteiger partial charge in [0.05, 0.1) is 6.54 Å². The molecule has 4 bridgehead atoms. The minimum absolute atomic E-state index is 0.0393. The molecule has 0 aromatic rings. The van der Waals surface area contributed by atoms with Gasteiger partial charge in [-0.15, -0.1) is 0 Å². The van der Waals surface area contributed by atoms with Crippen molar-refractivity contribution >= 4 is 17.7 Å². The van der Waals surface area contributed by atoms with Crippen molar-refractivity contribution < 1.29 is 19.1 Å². The quantitative estimate of drug-likeness (QED) is 0.736. The standard InChI is InChI=1S/C23H35N3O4/c27-20(14-23-11-16-8-17(12-23)10-18(9-16)13-23)24-15-21(28)25-3-5-26(6-4-25)22(29)19-2-1-7-30-19/h16-19H,1-15H2,(H,24,27). The molecule has 4 saturated carbocycles. The third-order valence-corrected chi connectivity index (χ3v) is 8.29. The number of nitrogens with zero attached hydrogens (tertiary/aromatic N) is 2. The van der Waals surface area contributed by atoms with Crippen molar-refractivity contribution in [2.75, 3.05) is 39.3 Å². The number of ether oxygens (including phenoxy) is 1. The summed E-state index contributed by atoms with van der Waals surface area (Å²) < 4.78 is 5.49. The van der Waals surface area contributed by atoms with Crippen LogP contribution in [0.15, 0.2) is 0 Å². The van der Waals surface area contributed by atoms with Crippen LogP contribution in [0.1, 0.15) is 57.8 Å². The smallest absolute Gasteiger partial charge is 0.251 e. The van der Waals surface area contributed by atoms with Gasteiger partial charge in [0.25, 0.3) is 5.91 Å². The first-order valence-electron chi connectivity index (χ1n) is 11.9. The van der Waals surface area contributed by atoms with E-state index in [0.29, 0.717) is 39.2 Å². The Morgan fingerprint density at radius 1 is 0.900 bits per heavy atom. The summed E-state index contributed by atoms with van der Waals surface area (Å²) in [6.07, 6.45) is 9.79. The van der Waals surface area contributed by atoms with E-state index in [1.54, 1.807) is 4.90 Å². The van der Waals surface area contributed by atoms with Gasteiger partial charge in [0.15, 0.2) is 0 Å². The molecular weight excluding hydrogens is 382 g/mol. The molecule has 2 saturated heterocycles. The zero-order chi connectivity index (χ0) is 20.7. The molecule has 0 spiro atoms. The van der Waals surface area contributed by atoms with Crippen molar-refractivity contribution in [2.45, 2.75) is 63.9 Å². The minimum Gasteiger partial charge on any atom is -0.368 e. The molecule has 0 aromatic carbocycles. The zero-order valence-electron chi connectivity index (χ0n) is 17.9. The molecule has 2 heterocycles. The highest BCUT2D eigenvalue weighted by Gasteiger charge is 2.51. The van der Waals surface area contributed by atoms with E-state index in [9.17, 15) is 14.4 Å². The highest BCUT2D eigenvalue weighted by atomic mass is 16.5.